The minimum absolute atomic E-state index is 0.0243. The predicted molar refractivity (Wildman–Crippen MR) is 149 cm³/mol. The molecule has 0 spiro atoms. The lowest BCUT2D eigenvalue weighted by Crippen LogP contribution is -2.57. The first-order chi connectivity index (χ1) is 19.1. The van der Waals surface area contributed by atoms with Crippen LogP contribution in [0, 0.1) is 0 Å². The molecule has 0 bridgehead atoms. The Morgan fingerprint density at radius 1 is 0.825 bits per heavy atom. The molecule has 0 saturated carbocycles. The van der Waals surface area contributed by atoms with E-state index in [0.29, 0.717) is 26.1 Å². The van der Waals surface area contributed by atoms with Gasteiger partial charge < -0.3 is 31.9 Å². The quantitative estimate of drug-likeness (QED) is 0.186. The monoisotopic (exact) mass is 564 g/mol. The van der Waals surface area contributed by atoms with E-state index in [-0.39, 0.29) is 24.6 Å². The van der Waals surface area contributed by atoms with Gasteiger partial charge in [0.25, 0.3) is 0 Å². The van der Waals surface area contributed by atoms with Crippen LogP contribution in [-0.4, -0.2) is 69.1 Å². The Kier molecular flexibility index (Phi) is 13.6. The number of carbonyl (C=O) groups excluding carboxylic acids is 3. The van der Waals surface area contributed by atoms with E-state index < -0.39 is 41.7 Å². The largest absolute Gasteiger partial charge is 0.416 e. The molecule has 0 aliphatic rings. The zero-order valence-electron chi connectivity index (χ0n) is 23.0. The van der Waals surface area contributed by atoms with Crippen molar-refractivity contribution in [1.29, 1.82) is 0 Å². The third kappa shape index (κ3) is 10.9. The number of carbonyl (C=O) groups is 3. The Labute approximate surface area is 233 Å². The number of likely N-dealkylation sites (N-methyl/N-ethyl adjacent to an activating group) is 3. The number of hydrogen-bond acceptors (Lipinski definition) is 6. The molecule has 3 unspecified atom stereocenters. The van der Waals surface area contributed by atoms with Gasteiger partial charge in [-0.2, -0.15) is 13.2 Å². The molecular weight excluding hydrogens is 525 g/mol. The SMILES string of the molecule is CCNCC(NC)C(=O)NCC(NCC)C(=O)NC(CCc1ccccc1)C(=O)Nc1cccc(C(F)(F)F)c1. The van der Waals surface area contributed by atoms with Gasteiger partial charge in [0.2, 0.25) is 17.7 Å². The summed E-state index contributed by atoms with van der Waals surface area (Å²) in [4.78, 5) is 39.0. The molecule has 3 atom stereocenters. The van der Waals surface area contributed by atoms with Crippen LogP contribution in [0.15, 0.2) is 54.6 Å². The fourth-order valence-corrected chi connectivity index (χ4v) is 3.94. The van der Waals surface area contributed by atoms with Crippen molar-refractivity contribution in [3.05, 3.63) is 65.7 Å². The topological polar surface area (TPSA) is 123 Å². The maximum Gasteiger partial charge on any atom is 0.416 e. The van der Waals surface area contributed by atoms with Crippen LogP contribution >= 0.6 is 0 Å². The van der Waals surface area contributed by atoms with Crippen LogP contribution in [0.3, 0.4) is 0 Å². The lowest BCUT2D eigenvalue weighted by atomic mass is 10.0. The summed E-state index contributed by atoms with van der Waals surface area (Å²) in [6.07, 6.45) is -3.92. The van der Waals surface area contributed by atoms with Gasteiger partial charge in [0.15, 0.2) is 0 Å². The molecule has 0 aliphatic carbocycles. The molecule has 0 aliphatic heterocycles. The fraction of sp³-hybridized carbons (Fsp3) is 0.464. The zero-order valence-corrected chi connectivity index (χ0v) is 23.0. The minimum Gasteiger partial charge on any atom is -0.353 e. The van der Waals surface area contributed by atoms with E-state index in [4.69, 9.17) is 0 Å². The van der Waals surface area contributed by atoms with Crippen molar-refractivity contribution in [2.24, 2.45) is 0 Å². The Hall–Kier alpha value is -3.48. The van der Waals surface area contributed by atoms with Crippen LogP contribution in [0.5, 0.6) is 0 Å². The Balaban J connectivity index is 2.15. The summed E-state index contributed by atoms with van der Waals surface area (Å²) < 4.78 is 39.5. The van der Waals surface area contributed by atoms with Crippen molar-refractivity contribution in [2.75, 3.05) is 38.5 Å². The summed E-state index contributed by atoms with van der Waals surface area (Å²) in [5.74, 6) is -1.46. The van der Waals surface area contributed by atoms with Crippen molar-refractivity contribution < 1.29 is 27.6 Å². The van der Waals surface area contributed by atoms with Crippen molar-refractivity contribution in [3.63, 3.8) is 0 Å². The first-order valence-electron chi connectivity index (χ1n) is 13.3. The summed E-state index contributed by atoms with van der Waals surface area (Å²) in [7, 11) is 1.66. The highest BCUT2D eigenvalue weighted by Gasteiger charge is 2.31. The van der Waals surface area contributed by atoms with Gasteiger partial charge in [-0.3, -0.25) is 14.4 Å². The summed E-state index contributed by atoms with van der Waals surface area (Å²) >= 11 is 0. The second-order valence-electron chi connectivity index (χ2n) is 9.16. The van der Waals surface area contributed by atoms with Crippen LogP contribution in [0.1, 0.15) is 31.4 Å². The number of alkyl halides is 3. The molecular formula is C28H39F3N6O3. The molecule has 0 radical (unpaired) electrons. The van der Waals surface area contributed by atoms with Gasteiger partial charge >= 0.3 is 6.18 Å². The van der Waals surface area contributed by atoms with Gasteiger partial charge in [0, 0.05) is 18.8 Å². The first-order valence-corrected chi connectivity index (χ1v) is 13.3. The molecule has 12 heteroatoms. The molecule has 3 amide bonds. The number of nitrogens with one attached hydrogen (secondary N) is 6. The summed E-state index contributed by atoms with van der Waals surface area (Å²) in [5, 5.41) is 17.0. The van der Waals surface area contributed by atoms with Crippen LogP contribution in [0.4, 0.5) is 18.9 Å². The predicted octanol–water partition coefficient (Wildman–Crippen LogP) is 2.05. The highest BCUT2D eigenvalue weighted by Crippen LogP contribution is 2.30. The van der Waals surface area contributed by atoms with Gasteiger partial charge in [-0.25, -0.2) is 0 Å². The molecule has 40 heavy (non-hydrogen) atoms. The highest BCUT2D eigenvalue weighted by molar-refractivity contribution is 5.98. The van der Waals surface area contributed by atoms with Crippen molar-refractivity contribution in [2.45, 2.75) is 51.0 Å². The first kappa shape index (κ1) is 32.7. The van der Waals surface area contributed by atoms with E-state index >= 15 is 0 Å². The molecule has 2 aromatic carbocycles. The van der Waals surface area contributed by atoms with Gasteiger partial charge in [-0.15, -0.1) is 0 Å². The van der Waals surface area contributed by atoms with E-state index in [9.17, 15) is 27.6 Å². The molecule has 0 heterocycles. The number of rotatable bonds is 16. The van der Waals surface area contributed by atoms with Gasteiger partial charge in [-0.05, 0) is 56.7 Å². The van der Waals surface area contributed by atoms with Gasteiger partial charge in [-0.1, -0.05) is 50.2 Å². The number of amides is 3. The molecule has 0 fully saturated rings. The number of halogens is 3. The van der Waals surface area contributed by atoms with Crippen molar-refractivity contribution in [1.82, 2.24) is 26.6 Å². The summed E-state index contributed by atoms with van der Waals surface area (Å²) in [5.41, 5.74) is 0.00289. The smallest absolute Gasteiger partial charge is 0.353 e. The third-order valence-corrected chi connectivity index (χ3v) is 6.17. The molecule has 0 saturated heterocycles. The van der Waals surface area contributed by atoms with Crippen LogP contribution in [-0.2, 0) is 27.0 Å². The molecule has 9 nitrogen and oxygen atoms in total. The van der Waals surface area contributed by atoms with Gasteiger partial charge in [0.05, 0.1) is 11.6 Å². The number of aryl methyl sites for hydroxylation is 1. The lowest BCUT2D eigenvalue weighted by Gasteiger charge is -2.24. The zero-order chi connectivity index (χ0) is 29.5. The van der Waals surface area contributed by atoms with Crippen LogP contribution < -0.4 is 31.9 Å². The van der Waals surface area contributed by atoms with Crippen LogP contribution in [0.2, 0.25) is 0 Å². The third-order valence-electron chi connectivity index (χ3n) is 6.17. The van der Waals surface area contributed by atoms with E-state index in [1.54, 1.807) is 14.0 Å². The van der Waals surface area contributed by atoms with E-state index in [2.05, 4.69) is 31.9 Å². The fourth-order valence-electron chi connectivity index (χ4n) is 3.94. The van der Waals surface area contributed by atoms with E-state index in [0.717, 1.165) is 17.7 Å². The second kappa shape index (κ2) is 16.6. The molecule has 0 aromatic heterocycles. The Bertz CT molecular complexity index is 1080. The molecule has 6 N–H and O–H groups in total. The maximum atomic E-state index is 13.2. The van der Waals surface area contributed by atoms with Crippen LogP contribution in [0.25, 0.3) is 0 Å². The van der Waals surface area contributed by atoms with E-state index in [1.807, 2.05) is 37.3 Å². The van der Waals surface area contributed by atoms with Gasteiger partial charge in [0.1, 0.15) is 12.1 Å². The summed E-state index contributed by atoms with van der Waals surface area (Å²) in [6, 6.07) is 11.3. The summed E-state index contributed by atoms with van der Waals surface area (Å²) in [6.45, 7) is 5.23. The normalized spacial score (nSPS) is 13.7. The Morgan fingerprint density at radius 3 is 2.17 bits per heavy atom. The molecule has 220 valence electrons. The van der Waals surface area contributed by atoms with Crippen molar-refractivity contribution in [3.8, 4) is 0 Å². The van der Waals surface area contributed by atoms with Crippen molar-refractivity contribution >= 4 is 23.4 Å². The molecule has 2 aromatic rings. The minimum atomic E-state index is -4.57. The standard InChI is InChI=1S/C28H39F3N6O3/c1-4-33-17-23(32-3)25(38)35-18-24(34-5-2)27(40)37-22(15-14-19-10-7-6-8-11-19)26(39)36-21-13-9-12-20(16-21)28(29,30)31/h6-13,16,22-24,32-34H,4-5,14-15,17-18H2,1-3H3,(H,35,38)(H,36,39)(H,37,40). The average molecular weight is 565 g/mol. The number of hydrogen-bond donors (Lipinski definition) is 6. The molecule has 2 rings (SSSR count). The number of benzene rings is 2. The lowest BCUT2D eigenvalue weighted by molar-refractivity contribution is -0.137. The highest BCUT2D eigenvalue weighted by atomic mass is 19.4. The maximum absolute atomic E-state index is 13.2. The average Bonchev–Trinajstić information content (AvgIpc) is 2.93. The number of anilines is 1. The Morgan fingerprint density at radius 2 is 1.55 bits per heavy atom. The van der Waals surface area contributed by atoms with E-state index in [1.165, 1.54) is 12.1 Å². The second-order valence-corrected chi connectivity index (χ2v) is 9.16.